The third-order valence-corrected chi connectivity index (χ3v) is 4.76. The van der Waals surface area contributed by atoms with Crippen molar-refractivity contribution in [2.75, 3.05) is 10.6 Å². The molecule has 2 heterocycles. The lowest BCUT2D eigenvalue weighted by Crippen LogP contribution is -2.23. The number of anilines is 2. The maximum Gasteiger partial charge on any atom is 0.295 e. The molecule has 0 saturated carbocycles. The quantitative estimate of drug-likeness (QED) is 0.680. The summed E-state index contributed by atoms with van der Waals surface area (Å²) in [6.07, 6.45) is 1.56. The number of carbonyl (C=O) groups is 2. The highest BCUT2D eigenvalue weighted by molar-refractivity contribution is 7.13. The predicted octanol–water partition coefficient (Wildman–Crippen LogP) is 2.30. The number of rotatable bonds is 6. The molecule has 0 aliphatic rings. The minimum atomic E-state index is -0.393. The van der Waals surface area contributed by atoms with Crippen LogP contribution in [0.15, 0.2) is 46.7 Å². The smallest absolute Gasteiger partial charge is 0.295 e. The summed E-state index contributed by atoms with van der Waals surface area (Å²) in [5.74, 6) is -0.693. The maximum atomic E-state index is 12.7. The van der Waals surface area contributed by atoms with Gasteiger partial charge in [-0.05, 0) is 19.1 Å². The number of carbonyl (C=O) groups excluding carboxylic acids is 2. The summed E-state index contributed by atoms with van der Waals surface area (Å²) >= 11 is 1.30. The van der Waals surface area contributed by atoms with Gasteiger partial charge in [-0.25, -0.2) is 9.67 Å². The van der Waals surface area contributed by atoms with Crippen LogP contribution < -0.4 is 16.2 Å². The number of hydrogen-bond acceptors (Lipinski definition) is 5. The van der Waals surface area contributed by atoms with E-state index in [1.54, 1.807) is 30.2 Å². The Morgan fingerprint density at radius 3 is 2.41 bits per heavy atom. The van der Waals surface area contributed by atoms with E-state index in [1.165, 1.54) is 16.0 Å². The summed E-state index contributed by atoms with van der Waals surface area (Å²) in [6, 6.07) is 9.17. The molecule has 8 nitrogen and oxygen atoms in total. The molecule has 0 fully saturated rings. The molecule has 0 bridgehead atoms. The van der Waals surface area contributed by atoms with Gasteiger partial charge in [0.15, 0.2) is 5.13 Å². The van der Waals surface area contributed by atoms with Crippen molar-refractivity contribution in [2.24, 2.45) is 7.05 Å². The van der Waals surface area contributed by atoms with Crippen LogP contribution in [0.25, 0.3) is 5.69 Å². The van der Waals surface area contributed by atoms with Crippen molar-refractivity contribution in [3.8, 4) is 5.69 Å². The molecule has 0 aliphatic heterocycles. The number of nitrogens with one attached hydrogen (secondary N) is 2. The van der Waals surface area contributed by atoms with Crippen molar-refractivity contribution < 1.29 is 9.59 Å². The van der Waals surface area contributed by atoms with Crippen LogP contribution in [0.1, 0.15) is 18.5 Å². The summed E-state index contributed by atoms with van der Waals surface area (Å²) in [4.78, 5) is 40.8. The van der Waals surface area contributed by atoms with E-state index in [2.05, 4.69) is 15.6 Å². The van der Waals surface area contributed by atoms with Crippen LogP contribution >= 0.6 is 11.3 Å². The van der Waals surface area contributed by atoms with Crippen molar-refractivity contribution in [2.45, 2.75) is 19.8 Å². The summed E-state index contributed by atoms with van der Waals surface area (Å²) in [7, 11) is 1.75. The van der Waals surface area contributed by atoms with Crippen LogP contribution in [0, 0.1) is 6.92 Å². The molecule has 27 heavy (non-hydrogen) atoms. The zero-order valence-electron chi connectivity index (χ0n) is 14.9. The van der Waals surface area contributed by atoms with Gasteiger partial charge in [-0.1, -0.05) is 18.2 Å². The Labute approximate surface area is 159 Å². The van der Waals surface area contributed by atoms with Crippen molar-refractivity contribution in [3.63, 3.8) is 0 Å². The number of amides is 2. The van der Waals surface area contributed by atoms with Gasteiger partial charge in [-0.3, -0.25) is 19.1 Å². The van der Waals surface area contributed by atoms with Crippen LogP contribution in [0.2, 0.25) is 0 Å². The monoisotopic (exact) mass is 385 g/mol. The van der Waals surface area contributed by atoms with Gasteiger partial charge >= 0.3 is 0 Å². The van der Waals surface area contributed by atoms with Gasteiger partial charge in [-0.15, -0.1) is 11.3 Å². The Hall–Kier alpha value is -3.20. The Bertz CT molecular complexity index is 1010. The number of thiazole rings is 1. The van der Waals surface area contributed by atoms with Crippen LogP contribution in [-0.4, -0.2) is 26.2 Å². The van der Waals surface area contributed by atoms with E-state index in [9.17, 15) is 14.4 Å². The van der Waals surface area contributed by atoms with E-state index in [1.807, 2.05) is 30.3 Å². The molecule has 0 saturated heterocycles. The Balaban J connectivity index is 1.68. The van der Waals surface area contributed by atoms with E-state index in [0.29, 0.717) is 16.5 Å². The largest absolute Gasteiger partial charge is 0.320 e. The lowest BCUT2D eigenvalue weighted by atomic mass is 10.2. The molecule has 0 aliphatic carbocycles. The van der Waals surface area contributed by atoms with E-state index in [-0.39, 0.29) is 30.0 Å². The second-order valence-electron chi connectivity index (χ2n) is 5.87. The highest BCUT2D eigenvalue weighted by atomic mass is 32.1. The topological polar surface area (TPSA) is 98.0 Å². The first kappa shape index (κ1) is 18.6. The van der Waals surface area contributed by atoms with Crippen LogP contribution in [-0.2, 0) is 16.6 Å². The Kier molecular flexibility index (Phi) is 5.51. The summed E-state index contributed by atoms with van der Waals surface area (Å²) in [5, 5.41) is 7.49. The molecule has 1 aromatic carbocycles. The molecule has 0 unspecified atom stereocenters. The van der Waals surface area contributed by atoms with Crippen LogP contribution in [0.3, 0.4) is 0 Å². The van der Waals surface area contributed by atoms with E-state index in [4.69, 9.17) is 0 Å². The molecule has 2 amide bonds. The maximum absolute atomic E-state index is 12.7. The normalized spacial score (nSPS) is 10.6. The molecule has 140 valence electrons. The second kappa shape index (κ2) is 8.00. The van der Waals surface area contributed by atoms with Crippen LogP contribution in [0.5, 0.6) is 0 Å². The molecular formula is C18H19N5O3S. The Morgan fingerprint density at radius 2 is 1.78 bits per heavy atom. The minimum Gasteiger partial charge on any atom is -0.320 e. The molecular weight excluding hydrogens is 366 g/mol. The van der Waals surface area contributed by atoms with Crippen molar-refractivity contribution in [3.05, 3.63) is 58.0 Å². The first-order valence-electron chi connectivity index (χ1n) is 8.30. The van der Waals surface area contributed by atoms with Gasteiger partial charge in [0.05, 0.1) is 11.4 Å². The molecule has 0 atom stereocenters. The van der Waals surface area contributed by atoms with Crippen molar-refractivity contribution in [1.82, 2.24) is 14.3 Å². The zero-order valence-corrected chi connectivity index (χ0v) is 15.7. The standard InChI is InChI=1S/C18H19N5O3S/c1-12-16(17(26)23(22(12)2)13-6-4-3-5-7-13)20-14(24)8-9-15(25)21-18-19-10-11-27-18/h3-7,10-11H,8-9H2,1-2H3,(H,20,24)(H,19,21,25). The number of aromatic nitrogens is 3. The van der Waals surface area contributed by atoms with Gasteiger partial charge in [0.2, 0.25) is 11.8 Å². The fourth-order valence-electron chi connectivity index (χ4n) is 2.61. The molecule has 3 aromatic rings. The lowest BCUT2D eigenvalue weighted by molar-refractivity contribution is -0.121. The van der Waals surface area contributed by atoms with E-state index < -0.39 is 5.91 Å². The Morgan fingerprint density at radius 1 is 1.11 bits per heavy atom. The van der Waals surface area contributed by atoms with Gasteiger partial charge in [0.25, 0.3) is 5.56 Å². The molecule has 3 rings (SSSR count). The summed E-state index contributed by atoms with van der Waals surface area (Å²) in [6.45, 7) is 1.76. The molecule has 0 spiro atoms. The van der Waals surface area contributed by atoms with Gasteiger partial charge in [0.1, 0.15) is 5.69 Å². The average Bonchev–Trinajstić information content (AvgIpc) is 3.24. The number of hydrogen-bond donors (Lipinski definition) is 2. The average molecular weight is 385 g/mol. The predicted molar refractivity (Wildman–Crippen MR) is 104 cm³/mol. The van der Waals surface area contributed by atoms with E-state index in [0.717, 1.165) is 0 Å². The van der Waals surface area contributed by atoms with Gasteiger partial charge < -0.3 is 10.6 Å². The third kappa shape index (κ3) is 4.14. The highest BCUT2D eigenvalue weighted by Crippen LogP contribution is 2.15. The highest BCUT2D eigenvalue weighted by Gasteiger charge is 2.18. The number of para-hydroxylation sites is 1. The first-order chi connectivity index (χ1) is 13.0. The second-order valence-corrected chi connectivity index (χ2v) is 6.76. The SMILES string of the molecule is Cc1c(NC(=O)CCC(=O)Nc2nccs2)c(=O)n(-c2ccccc2)n1C. The molecule has 2 N–H and O–H groups in total. The summed E-state index contributed by atoms with van der Waals surface area (Å²) < 4.78 is 3.17. The van der Waals surface area contributed by atoms with E-state index >= 15 is 0 Å². The number of benzene rings is 1. The number of nitrogens with zero attached hydrogens (tertiary/aromatic N) is 3. The van der Waals surface area contributed by atoms with Crippen molar-refractivity contribution >= 4 is 34.0 Å². The van der Waals surface area contributed by atoms with Gasteiger partial charge in [0, 0.05) is 31.5 Å². The zero-order chi connectivity index (χ0) is 19.4. The fraction of sp³-hybridized carbons (Fsp3) is 0.222. The fourth-order valence-corrected chi connectivity index (χ4v) is 3.15. The van der Waals surface area contributed by atoms with Crippen LogP contribution in [0.4, 0.5) is 10.8 Å². The molecule has 2 aromatic heterocycles. The molecule has 0 radical (unpaired) electrons. The lowest BCUT2D eigenvalue weighted by Gasteiger charge is -2.07. The minimum absolute atomic E-state index is 0.00414. The summed E-state index contributed by atoms with van der Waals surface area (Å²) in [5.41, 5.74) is 1.23. The first-order valence-corrected chi connectivity index (χ1v) is 9.18. The molecule has 9 heteroatoms. The van der Waals surface area contributed by atoms with Crippen molar-refractivity contribution in [1.29, 1.82) is 0 Å². The third-order valence-electron chi connectivity index (χ3n) is 4.08. The van der Waals surface area contributed by atoms with Gasteiger partial charge in [-0.2, -0.15) is 0 Å².